The molecule has 1 N–H and O–H groups in total. The molecule has 3 nitrogen and oxygen atoms in total. The van der Waals surface area contributed by atoms with Crippen molar-refractivity contribution in [2.75, 3.05) is 11.9 Å². The second-order valence-corrected chi connectivity index (χ2v) is 5.15. The van der Waals surface area contributed by atoms with Crippen LogP contribution < -0.4 is 5.32 Å². The molecular weight excluding hydrogens is 246 g/mol. The molecule has 0 unspecified atom stereocenters. The van der Waals surface area contributed by atoms with Crippen LogP contribution in [0.5, 0.6) is 0 Å². The molecule has 1 aromatic heterocycles. The number of nitrogens with zero attached hydrogens (tertiary/aromatic N) is 2. The summed E-state index contributed by atoms with van der Waals surface area (Å²) in [6, 6.07) is 8.43. The molecule has 0 spiro atoms. The van der Waals surface area contributed by atoms with Crippen LogP contribution in [0.4, 0.5) is 5.82 Å². The van der Waals surface area contributed by atoms with Gasteiger partial charge in [-0.15, -0.1) is 0 Å². The van der Waals surface area contributed by atoms with Gasteiger partial charge in [-0.25, -0.2) is 9.97 Å². The lowest BCUT2D eigenvalue weighted by atomic mass is 10.1. The Morgan fingerprint density at radius 3 is 2.45 bits per heavy atom. The zero-order chi connectivity index (χ0) is 14.5. The van der Waals surface area contributed by atoms with Crippen molar-refractivity contribution < 1.29 is 0 Å². The Kier molecular flexibility index (Phi) is 4.72. The Bertz CT molecular complexity index is 591. The van der Waals surface area contributed by atoms with Crippen molar-refractivity contribution in [1.82, 2.24) is 9.97 Å². The highest BCUT2D eigenvalue weighted by Gasteiger charge is 2.07. The molecule has 0 saturated heterocycles. The highest BCUT2D eigenvalue weighted by atomic mass is 15.0. The largest absolute Gasteiger partial charge is 0.370 e. The molecule has 0 radical (unpaired) electrons. The predicted molar refractivity (Wildman–Crippen MR) is 85.1 cm³/mol. The summed E-state index contributed by atoms with van der Waals surface area (Å²) >= 11 is 0. The third kappa shape index (κ3) is 3.35. The van der Waals surface area contributed by atoms with E-state index in [1.807, 2.05) is 6.07 Å². The summed E-state index contributed by atoms with van der Waals surface area (Å²) in [6.07, 6.45) is 2.01. The number of hydrogen-bond acceptors (Lipinski definition) is 3. The lowest BCUT2D eigenvalue weighted by Gasteiger charge is -2.10. The van der Waals surface area contributed by atoms with Crippen molar-refractivity contribution >= 4 is 5.82 Å². The molecule has 1 aromatic carbocycles. The Morgan fingerprint density at radius 1 is 1.00 bits per heavy atom. The molecule has 106 valence electrons. The van der Waals surface area contributed by atoms with E-state index < -0.39 is 0 Å². The van der Waals surface area contributed by atoms with Gasteiger partial charge >= 0.3 is 0 Å². The van der Waals surface area contributed by atoms with Gasteiger partial charge in [0, 0.05) is 23.9 Å². The third-order valence-electron chi connectivity index (χ3n) is 3.46. The SMILES string of the molecule is CCCNc1cc(CC)nc(-c2ccc(C)c(C)c2)n1. The van der Waals surface area contributed by atoms with Crippen LogP contribution in [0.15, 0.2) is 24.3 Å². The summed E-state index contributed by atoms with van der Waals surface area (Å²) < 4.78 is 0. The van der Waals surface area contributed by atoms with Gasteiger partial charge in [-0.3, -0.25) is 0 Å². The quantitative estimate of drug-likeness (QED) is 0.886. The smallest absolute Gasteiger partial charge is 0.161 e. The average molecular weight is 269 g/mol. The van der Waals surface area contributed by atoms with E-state index in [1.165, 1.54) is 11.1 Å². The van der Waals surface area contributed by atoms with Gasteiger partial charge < -0.3 is 5.32 Å². The molecule has 2 aromatic rings. The molecule has 20 heavy (non-hydrogen) atoms. The van der Waals surface area contributed by atoms with E-state index in [1.54, 1.807) is 0 Å². The minimum absolute atomic E-state index is 0.811. The Morgan fingerprint density at radius 2 is 1.80 bits per heavy atom. The first kappa shape index (κ1) is 14.5. The van der Waals surface area contributed by atoms with Crippen LogP contribution in [-0.4, -0.2) is 16.5 Å². The van der Waals surface area contributed by atoms with Crippen molar-refractivity contribution in [3.63, 3.8) is 0 Å². The second-order valence-electron chi connectivity index (χ2n) is 5.15. The van der Waals surface area contributed by atoms with Crippen molar-refractivity contribution in [2.45, 2.75) is 40.5 Å². The first-order chi connectivity index (χ1) is 9.63. The number of aryl methyl sites for hydroxylation is 3. The number of anilines is 1. The zero-order valence-electron chi connectivity index (χ0n) is 12.8. The number of benzene rings is 1. The maximum absolute atomic E-state index is 4.65. The van der Waals surface area contributed by atoms with Crippen LogP contribution in [0, 0.1) is 13.8 Å². The van der Waals surface area contributed by atoms with Gasteiger partial charge in [0.25, 0.3) is 0 Å². The fourth-order valence-electron chi connectivity index (χ4n) is 2.03. The normalized spacial score (nSPS) is 10.6. The van der Waals surface area contributed by atoms with Crippen LogP contribution >= 0.6 is 0 Å². The lowest BCUT2D eigenvalue weighted by Crippen LogP contribution is -2.05. The number of nitrogens with one attached hydrogen (secondary N) is 1. The molecule has 2 rings (SSSR count). The van der Waals surface area contributed by atoms with Gasteiger partial charge in [-0.1, -0.05) is 26.0 Å². The lowest BCUT2D eigenvalue weighted by molar-refractivity contribution is 0.951. The number of hydrogen-bond donors (Lipinski definition) is 1. The molecule has 0 atom stereocenters. The summed E-state index contributed by atoms with van der Waals surface area (Å²) in [6.45, 7) is 9.46. The zero-order valence-corrected chi connectivity index (χ0v) is 12.8. The molecule has 0 fully saturated rings. The molecular formula is C17H23N3. The number of aromatic nitrogens is 2. The van der Waals surface area contributed by atoms with E-state index >= 15 is 0 Å². The Balaban J connectivity index is 2.41. The van der Waals surface area contributed by atoms with Gasteiger partial charge in [-0.2, -0.15) is 0 Å². The van der Waals surface area contributed by atoms with Gasteiger partial charge in [0.05, 0.1) is 0 Å². The van der Waals surface area contributed by atoms with E-state index in [9.17, 15) is 0 Å². The van der Waals surface area contributed by atoms with E-state index in [0.717, 1.165) is 42.3 Å². The maximum atomic E-state index is 4.65. The minimum atomic E-state index is 0.811. The third-order valence-corrected chi connectivity index (χ3v) is 3.46. The molecule has 1 heterocycles. The van der Waals surface area contributed by atoms with Crippen LogP contribution in [0.1, 0.15) is 37.1 Å². The summed E-state index contributed by atoms with van der Waals surface area (Å²) in [5, 5.41) is 3.35. The van der Waals surface area contributed by atoms with Gasteiger partial charge in [-0.05, 0) is 43.9 Å². The molecule has 0 aliphatic rings. The highest BCUT2D eigenvalue weighted by molar-refractivity contribution is 5.59. The standard InChI is InChI=1S/C17H23N3/c1-5-9-18-16-11-15(6-2)19-17(20-16)14-8-7-12(3)13(4)10-14/h7-8,10-11H,5-6,9H2,1-4H3,(H,18,19,20). The summed E-state index contributed by atoms with van der Waals surface area (Å²) in [7, 11) is 0. The number of rotatable bonds is 5. The van der Waals surface area contributed by atoms with Crippen molar-refractivity contribution in [3.8, 4) is 11.4 Å². The Hall–Kier alpha value is -1.90. The summed E-state index contributed by atoms with van der Waals surface area (Å²) in [5.41, 5.74) is 4.73. The molecule has 3 heteroatoms. The molecule has 0 saturated carbocycles. The topological polar surface area (TPSA) is 37.8 Å². The maximum Gasteiger partial charge on any atom is 0.161 e. The molecule has 0 amide bonds. The molecule has 0 aliphatic heterocycles. The monoisotopic (exact) mass is 269 g/mol. The van der Waals surface area contributed by atoms with Crippen molar-refractivity contribution in [3.05, 3.63) is 41.1 Å². The van der Waals surface area contributed by atoms with E-state index in [0.29, 0.717) is 0 Å². The second kappa shape index (κ2) is 6.51. The fraction of sp³-hybridized carbons (Fsp3) is 0.412. The summed E-state index contributed by atoms with van der Waals surface area (Å²) in [4.78, 5) is 9.29. The Labute approximate surface area is 121 Å². The summed E-state index contributed by atoms with van der Waals surface area (Å²) in [5.74, 6) is 1.73. The van der Waals surface area contributed by atoms with Crippen LogP contribution in [0.2, 0.25) is 0 Å². The van der Waals surface area contributed by atoms with Crippen LogP contribution in [0.3, 0.4) is 0 Å². The first-order valence-electron chi connectivity index (χ1n) is 7.33. The van der Waals surface area contributed by atoms with Gasteiger partial charge in [0.1, 0.15) is 5.82 Å². The van der Waals surface area contributed by atoms with Crippen molar-refractivity contribution in [1.29, 1.82) is 0 Å². The molecule has 0 bridgehead atoms. The average Bonchev–Trinajstić information content (AvgIpc) is 2.47. The predicted octanol–water partition coefficient (Wildman–Crippen LogP) is 4.14. The van der Waals surface area contributed by atoms with E-state index in [2.05, 4.69) is 61.2 Å². The fourth-order valence-corrected chi connectivity index (χ4v) is 2.03. The van der Waals surface area contributed by atoms with Crippen LogP contribution in [0.25, 0.3) is 11.4 Å². The van der Waals surface area contributed by atoms with Crippen LogP contribution in [-0.2, 0) is 6.42 Å². The van der Waals surface area contributed by atoms with Gasteiger partial charge in [0.15, 0.2) is 5.82 Å². The van der Waals surface area contributed by atoms with E-state index in [4.69, 9.17) is 0 Å². The molecule has 0 aliphatic carbocycles. The van der Waals surface area contributed by atoms with Gasteiger partial charge in [0.2, 0.25) is 0 Å². The highest BCUT2D eigenvalue weighted by Crippen LogP contribution is 2.21. The van der Waals surface area contributed by atoms with Crippen molar-refractivity contribution in [2.24, 2.45) is 0 Å². The minimum Gasteiger partial charge on any atom is -0.370 e. The first-order valence-corrected chi connectivity index (χ1v) is 7.33. The van der Waals surface area contributed by atoms with E-state index in [-0.39, 0.29) is 0 Å².